The number of methoxy groups -OCH3 is 1. The van der Waals surface area contributed by atoms with Crippen LogP contribution in [0.3, 0.4) is 0 Å². The van der Waals surface area contributed by atoms with Crippen LogP contribution >= 0.6 is 0 Å². The number of nitrogens with one attached hydrogen (secondary N) is 2. The summed E-state index contributed by atoms with van der Waals surface area (Å²) in [6.07, 6.45) is 7.27. The lowest BCUT2D eigenvalue weighted by molar-refractivity contribution is 0.0580. The second kappa shape index (κ2) is 11.6. The highest BCUT2D eigenvalue weighted by Gasteiger charge is 2.29. The highest BCUT2D eigenvalue weighted by molar-refractivity contribution is 6.14. The third-order valence-corrected chi connectivity index (χ3v) is 7.12. The van der Waals surface area contributed by atoms with Gasteiger partial charge in [-0.3, -0.25) is 4.79 Å². The lowest BCUT2D eigenvalue weighted by atomic mass is 10.2. The van der Waals surface area contributed by atoms with Crippen molar-refractivity contribution in [1.29, 1.82) is 0 Å². The van der Waals surface area contributed by atoms with Crippen LogP contribution in [0.2, 0.25) is 0 Å². The molecule has 4 heterocycles. The summed E-state index contributed by atoms with van der Waals surface area (Å²) in [6, 6.07) is 20.7. The number of ether oxygens (including phenoxy) is 2. The van der Waals surface area contributed by atoms with Gasteiger partial charge in [-0.1, -0.05) is 36.4 Å². The molecule has 2 N–H and O–H groups in total. The monoisotopic (exact) mass is 550 g/mol. The first-order chi connectivity index (χ1) is 20.1. The van der Waals surface area contributed by atoms with Gasteiger partial charge in [-0.05, 0) is 43.2 Å². The summed E-state index contributed by atoms with van der Waals surface area (Å²) in [5.74, 6) is -0.897. The quantitative estimate of drug-likeness (QED) is 0.247. The standard InChI is InChI=1S/C31H30N6O4/c1-40-31(39)28-27(35-30(38)22-9-4-2-5-10-22)26-15-23(18-33-29(26)36(28)20-25-13-8-14-41-25)32-16-21-17-34-37(19-21)24-11-6-3-7-12-24/h2-7,9-12,15,17-19,25,32H,8,13-14,16,20H2,1H3,(H,35,38)/t25-/m1/s1. The number of hydrogen-bond donors (Lipinski definition) is 2. The van der Waals surface area contributed by atoms with Crippen LogP contribution in [-0.2, 0) is 22.6 Å². The van der Waals surface area contributed by atoms with Crippen molar-refractivity contribution in [2.75, 3.05) is 24.4 Å². The largest absolute Gasteiger partial charge is 0.464 e. The molecule has 2 aromatic carbocycles. The van der Waals surface area contributed by atoms with Gasteiger partial charge in [-0.25, -0.2) is 14.5 Å². The predicted molar refractivity (Wildman–Crippen MR) is 155 cm³/mol. The molecule has 0 radical (unpaired) electrons. The molecule has 1 aliphatic heterocycles. The van der Waals surface area contributed by atoms with Crippen molar-refractivity contribution in [1.82, 2.24) is 19.3 Å². The molecule has 0 spiro atoms. The van der Waals surface area contributed by atoms with Crippen molar-refractivity contribution in [2.24, 2.45) is 0 Å². The molecule has 0 aliphatic carbocycles. The van der Waals surface area contributed by atoms with E-state index < -0.39 is 5.97 Å². The molecule has 0 bridgehead atoms. The molecule has 0 unspecified atom stereocenters. The van der Waals surface area contributed by atoms with E-state index in [-0.39, 0.29) is 17.7 Å². The Bertz CT molecular complexity index is 1670. The average molecular weight is 551 g/mol. The Morgan fingerprint density at radius 3 is 2.59 bits per heavy atom. The number of benzene rings is 2. The van der Waals surface area contributed by atoms with Gasteiger partial charge in [0.25, 0.3) is 5.91 Å². The van der Waals surface area contributed by atoms with Gasteiger partial charge in [-0.2, -0.15) is 5.10 Å². The van der Waals surface area contributed by atoms with E-state index in [9.17, 15) is 9.59 Å². The van der Waals surface area contributed by atoms with Gasteiger partial charge in [0.2, 0.25) is 0 Å². The van der Waals surface area contributed by atoms with Crippen LogP contribution < -0.4 is 10.6 Å². The molecule has 1 amide bonds. The first-order valence-electron chi connectivity index (χ1n) is 13.5. The summed E-state index contributed by atoms with van der Waals surface area (Å²) >= 11 is 0. The van der Waals surface area contributed by atoms with Crippen molar-refractivity contribution in [2.45, 2.75) is 32.0 Å². The number of nitrogens with zero attached hydrogens (tertiary/aromatic N) is 4. The van der Waals surface area contributed by atoms with E-state index in [2.05, 4.69) is 15.7 Å². The fourth-order valence-electron chi connectivity index (χ4n) is 5.08. The third kappa shape index (κ3) is 5.55. The van der Waals surface area contributed by atoms with E-state index in [1.54, 1.807) is 35.0 Å². The molecular weight excluding hydrogens is 520 g/mol. The van der Waals surface area contributed by atoms with Crippen LogP contribution in [-0.4, -0.2) is 51.0 Å². The number of carbonyl (C=O) groups excluding carboxylic acids is 2. The van der Waals surface area contributed by atoms with Gasteiger partial charge in [0.1, 0.15) is 5.65 Å². The van der Waals surface area contributed by atoms with Crippen LogP contribution in [0.4, 0.5) is 11.4 Å². The minimum absolute atomic E-state index is 0.0626. The number of rotatable bonds is 9. The lowest BCUT2D eigenvalue weighted by Crippen LogP contribution is -2.21. The number of para-hydroxylation sites is 1. The Balaban J connectivity index is 1.35. The second-order valence-electron chi connectivity index (χ2n) is 9.86. The highest BCUT2D eigenvalue weighted by Crippen LogP contribution is 2.34. The van der Waals surface area contributed by atoms with E-state index >= 15 is 0 Å². The van der Waals surface area contributed by atoms with Gasteiger partial charge >= 0.3 is 5.97 Å². The van der Waals surface area contributed by atoms with Crippen LogP contribution in [0.15, 0.2) is 85.3 Å². The predicted octanol–water partition coefficient (Wildman–Crippen LogP) is 5.05. The van der Waals surface area contributed by atoms with Crippen molar-refractivity contribution in [3.63, 3.8) is 0 Å². The van der Waals surface area contributed by atoms with Crippen molar-refractivity contribution in [3.05, 3.63) is 102 Å². The summed E-state index contributed by atoms with van der Waals surface area (Å²) in [7, 11) is 1.33. The zero-order chi connectivity index (χ0) is 28.2. The van der Waals surface area contributed by atoms with Gasteiger partial charge in [0.15, 0.2) is 5.69 Å². The number of pyridine rings is 1. The minimum atomic E-state index is -0.563. The van der Waals surface area contributed by atoms with Gasteiger partial charge < -0.3 is 24.7 Å². The van der Waals surface area contributed by atoms with E-state index in [1.165, 1.54) is 7.11 Å². The maximum Gasteiger partial charge on any atom is 0.356 e. The molecule has 6 rings (SSSR count). The Hall–Kier alpha value is -4.96. The Morgan fingerprint density at radius 2 is 1.85 bits per heavy atom. The summed E-state index contributed by atoms with van der Waals surface area (Å²) in [4.78, 5) is 31.1. The Morgan fingerprint density at radius 1 is 1.07 bits per heavy atom. The molecule has 1 aliphatic rings. The fraction of sp³-hybridized carbons (Fsp3) is 0.226. The molecule has 0 saturated carbocycles. The zero-order valence-electron chi connectivity index (χ0n) is 22.6. The smallest absolute Gasteiger partial charge is 0.356 e. The summed E-state index contributed by atoms with van der Waals surface area (Å²) in [6.45, 7) is 1.60. The number of anilines is 2. The fourth-order valence-corrected chi connectivity index (χ4v) is 5.08. The molecule has 10 heteroatoms. The highest BCUT2D eigenvalue weighted by atomic mass is 16.5. The van der Waals surface area contributed by atoms with E-state index in [0.29, 0.717) is 42.0 Å². The summed E-state index contributed by atoms with van der Waals surface area (Å²) in [5, 5.41) is 11.5. The Kier molecular flexibility index (Phi) is 7.46. The number of fused-ring (bicyclic) bond motifs is 1. The normalized spacial score (nSPS) is 14.7. The molecule has 3 aromatic heterocycles. The number of esters is 1. The van der Waals surface area contributed by atoms with Gasteiger partial charge in [0, 0.05) is 35.9 Å². The SMILES string of the molecule is COC(=O)c1c(NC(=O)c2ccccc2)c2cc(NCc3cnn(-c4ccccc4)c3)cnc2n1C[C@H]1CCCO1. The van der Waals surface area contributed by atoms with Crippen molar-refractivity contribution in [3.8, 4) is 5.69 Å². The number of amides is 1. The molecule has 10 nitrogen and oxygen atoms in total. The maximum absolute atomic E-state index is 13.2. The maximum atomic E-state index is 13.2. The molecule has 5 aromatic rings. The van der Waals surface area contributed by atoms with Crippen LogP contribution in [0.5, 0.6) is 0 Å². The zero-order valence-corrected chi connectivity index (χ0v) is 22.6. The first kappa shape index (κ1) is 26.3. The topological polar surface area (TPSA) is 112 Å². The number of carbonyl (C=O) groups is 2. The number of hydrogen-bond acceptors (Lipinski definition) is 7. The minimum Gasteiger partial charge on any atom is -0.464 e. The Labute approximate surface area is 236 Å². The van der Waals surface area contributed by atoms with E-state index in [4.69, 9.17) is 14.5 Å². The summed E-state index contributed by atoms with van der Waals surface area (Å²) in [5.41, 5.74) is 4.31. The molecule has 41 heavy (non-hydrogen) atoms. The number of aromatic nitrogens is 4. The van der Waals surface area contributed by atoms with E-state index in [0.717, 1.165) is 29.8 Å². The van der Waals surface area contributed by atoms with Crippen molar-refractivity contribution >= 4 is 34.3 Å². The van der Waals surface area contributed by atoms with Crippen molar-refractivity contribution < 1.29 is 19.1 Å². The molecule has 1 atom stereocenters. The second-order valence-corrected chi connectivity index (χ2v) is 9.86. The molecule has 208 valence electrons. The first-order valence-corrected chi connectivity index (χ1v) is 13.5. The molecular formula is C31H30N6O4. The van der Waals surface area contributed by atoms with Crippen LogP contribution in [0.1, 0.15) is 39.3 Å². The van der Waals surface area contributed by atoms with Crippen LogP contribution in [0, 0.1) is 0 Å². The summed E-state index contributed by atoms with van der Waals surface area (Å²) < 4.78 is 14.7. The van der Waals surface area contributed by atoms with Gasteiger partial charge in [-0.15, -0.1) is 0 Å². The van der Waals surface area contributed by atoms with Crippen LogP contribution in [0.25, 0.3) is 16.7 Å². The van der Waals surface area contributed by atoms with Gasteiger partial charge in [0.05, 0.1) is 49.2 Å². The average Bonchev–Trinajstić information content (AvgIpc) is 3.77. The third-order valence-electron chi connectivity index (χ3n) is 7.12. The lowest BCUT2D eigenvalue weighted by Gasteiger charge is -2.14. The molecule has 1 saturated heterocycles. The van der Waals surface area contributed by atoms with E-state index in [1.807, 2.05) is 59.5 Å². The molecule has 1 fully saturated rings.